The van der Waals surface area contributed by atoms with E-state index in [-0.39, 0.29) is 12.4 Å². The maximum absolute atomic E-state index is 12.5. The normalized spacial score (nSPS) is 10.8. The number of nitrogens with zero attached hydrogens (tertiary/aromatic N) is 2. The Morgan fingerprint density at radius 2 is 1.94 bits per heavy atom. The van der Waals surface area contributed by atoms with Gasteiger partial charge in [-0.1, -0.05) is 47.5 Å². The molecule has 0 bridgehead atoms. The van der Waals surface area contributed by atoms with Crippen molar-refractivity contribution < 1.29 is 13.9 Å². The Balaban J connectivity index is 1.38. The number of para-hydroxylation sites is 1. The van der Waals surface area contributed by atoms with Crippen molar-refractivity contribution in [2.45, 2.75) is 20.1 Å². The zero-order valence-corrected chi connectivity index (χ0v) is 18.2. The van der Waals surface area contributed by atoms with Crippen molar-refractivity contribution in [3.05, 3.63) is 99.6 Å². The Labute approximate surface area is 189 Å². The lowest BCUT2D eigenvalue weighted by molar-refractivity contribution is 0.0992. The lowest BCUT2D eigenvalue weighted by Crippen LogP contribution is -2.12. The topological polar surface area (TPSA) is 69.3 Å². The Hall–Kier alpha value is -3.22. The van der Waals surface area contributed by atoms with Gasteiger partial charge < -0.3 is 14.5 Å². The monoisotopic (exact) mass is 455 g/mol. The molecule has 0 spiro atoms. The van der Waals surface area contributed by atoms with E-state index in [9.17, 15) is 4.79 Å². The van der Waals surface area contributed by atoms with Gasteiger partial charge in [0.05, 0.1) is 11.6 Å². The molecule has 2 aromatic heterocycles. The van der Waals surface area contributed by atoms with E-state index in [1.165, 1.54) is 0 Å². The number of hydrogen-bond acceptors (Lipinski definition) is 4. The molecule has 2 heterocycles. The van der Waals surface area contributed by atoms with Gasteiger partial charge in [0.25, 0.3) is 5.91 Å². The molecule has 0 fully saturated rings. The quantitative estimate of drug-likeness (QED) is 0.372. The molecule has 0 aliphatic heterocycles. The highest BCUT2D eigenvalue weighted by molar-refractivity contribution is 6.32. The predicted molar refractivity (Wildman–Crippen MR) is 120 cm³/mol. The lowest BCUT2D eigenvalue weighted by atomic mass is 10.2. The van der Waals surface area contributed by atoms with Crippen molar-refractivity contribution in [1.82, 2.24) is 9.78 Å². The second-order valence-corrected chi connectivity index (χ2v) is 7.74. The van der Waals surface area contributed by atoms with Gasteiger partial charge in [0.1, 0.15) is 18.1 Å². The molecule has 2 aromatic carbocycles. The number of halogens is 2. The fourth-order valence-electron chi connectivity index (χ4n) is 3.01. The number of benzene rings is 2. The van der Waals surface area contributed by atoms with Crippen LogP contribution in [0.1, 0.15) is 27.6 Å². The van der Waals surface area contributed by atoms with E-state index in [4.69, 9.17) is 32.4 Å². The molecular formula is C23H19Cl2N3O3. The van der Waals surface area contributed by atoms with Crippen molar-refractivity contribution in [2.24, 2.45) is 0 Å². The second-order valence-electron chi connectivity index (χ2n) is 6.90. The second kappa shape index (κ2) is 9.29. The van der Waals surface area contributed by atoms with Gasteiger partial charge in [0, 0.05) is 16.8 Å². The Morgan fingerprint density at radius 3 is 2.74 bits per heavy atom. The molecule has 4 aromatic rings. The van der Waals surface area contributed by atoms with Crippen molar-refractivity contribution >= 4 is 34.9 Å². The minimum atomic E-state index is -0.392. The lowest BCUT2D eigenvalue weighted by Gasteiger charge is -2.05. The number of nitrogens with one attached hydrogen (secondary N) is 1. The van der Waals surface area contributed by atoms with Crippen LogP contribution in [0.5, 0.6) is 5.75 Å². The number of ether oxygens (including phenoxy) is 1. The predicted octanol–water partition coefficient (Wildman–Crippen LogP) is 5.97. The van der Waals surface area contributed by atoms with Crippen LogP contribution in [0, 0.1) is 6.92 Å². The van der Waals surface area contributed by atoms with E-state index in [0.29, 0.717) is 33.9 Å². The maximum Gasteiger partial charge on any atom is 0.292 e. The number of amides is 1. The molecule has 0 atom stereocenters. The first-order chi connectivity index (χ1) is 15.0. The van der Waals surface area contributed by atoms with E-state index in [2.05, 4.69) is 10.4 Å². The van der Waals surface area contributed by atoms with Gasteiger partial charge in [-0.3, -0.25) is 9.48 Å². The van der Waals surface area contributed by atoms with Crippen molar-refractivity contribution in [3.8, 4) is 5.75 Å². The van der Waals surface area contributed by atoms with Crippen LogP contribution in [-0.2, 0) is 13.2 Å². The molecule has 4 rings (SSSR count). The Kier molecular flexibility index (Phi) is 6.30. The SMILES string of the molecule is Cc1cc(NC(=O)c2ccc(COc3ccccc3Cl)o2)nn1Cc1cccc(Cl)c1. The maximum atomic E-state index is 12.5. The number of hydrogen-bond donors (Lipinski definition) is 1. The van der Waals surface area contributed by atoms with Crippen LogP contribution in [-0.4, -0.2) is 15.7 Å². The summed E-state index contributed by atoms with van der Waals surface area (Å²) in [4.78, 5) is 12.5. The highest BCUT2D eigenvalue weighted by atomic mass is 35.5. The standard InChI is InChI=1S/C23H19Cl2N3O3/c1-15-11-22(27-28(15)13-16-5-4-6-17(24)12-16)26-23(29)21-10-9-18(31-21)14-30-20-8-3-2-7-19(20)25/h2-12H,13-14H2,1H3,(H,26,27,29). The minimum Gasteiger partial charge on any atom is -0.484 e. The van der Waals surface area contributed by atoms with Crippen LogP contribution in [0.4, 0.5) is 5.82 Å². The molecule has 158 valence electrons. The van der Waals surface area contributed by atoms with Gasteiger partial charge in [-0.15, -0.1) is 0 Å². The molecule has 31 heavy (non-hydrogen) atoms. The van der Waals surface area contributed by atoms with Crippen LogP contribution in [0.2, 0.25) is 10.0 Å². The summed E-state index contributed by atoms with van der Waals surface area (Å²) in [5, 5.41) is 8.39. The van der Waals surface area contributed by atoms with Crippen LogP contribution in [0.25, 0.3) is 0 Å². The zero-order chi connectivity index (χ0) is 21.8. The zero-order valence-electron chi connectivity index (χ0n) is 16.6. The Morgan fingerprint density at radius 1 is 1.10 bits per heavy atom. The minimum absolute atomic E-state index is 0.157. The van der Waals surface area contributed by atoms with Crippen LogP contribution in [0.15, 0.2) is 71.1 Å². The molecule has 1 N–H and O–H groups in total. The number of aromatic nitrogens is 2. The summed E-state index contributed by atoms with van der Waals surface area (Å²) >= 11 is 12.1. The van der Waals surface area contributed by atoms with E-state index in [0.717, 1.165) is 11.3 Å². The van der Waals surface area contributed by atoms with Crippen molar-refractivity contribution in [3.63, 3.8) is 0 Å². The third-order valence-electron chi connectivity index (χ3n) is 4.54. The summed E-state index contributed by atoms with van der Waals surface area (Å²) in [5.41, 5.74) is 1.93. The number of furan rings is 1. The highest BCUT2D eigenvalue weighted by Crippen LogP contribution is 2.24. The summed E-state index contributed by atoms with van der Waals surface area (Å²) in [6.45, 7) is 2.63. The number of aryl methyl sites for hydroxylation is 1. The first-order valence-electron chi connectivity index (χ1n) is 9.54. The third-order valence-corrected chi connectivity index (χ3v) is 5.08. The summed E-state index contributed by atoms with van der Waals surface area (Å²) in [7, 11) is 0. The summed E-state index contributed by atoms with van der Waals surface area (Å²) < 4.78 is 13.0. The first kappa shape index (κ1) is 21.0. The molecule has 1 amide bonds. The summed E-state index contributed by atoms with van der Waals surface area (Å²) in [6.07, 6.45) is 0. The van der Waals surface area contributed by atoms with E-state index in [1.807, 2.05) is 43.3 Å². The largest absolute Gasteiger partial charge is 0.484 e. The molecule has 8 heteroatoms. The third kappa shape index (κ3) is 5.29. The van der Waals surface area contributed by atoms with Gasteiger partial charge in [-0.2, -0.15) is 5.10 Å². The number of carbonyl (C=O) groups is 1. The van der Waals surface area contributed by atoms with Gasteiger partial charge in [-0.25, -0.2) is 0 Å². The van der Waals surface area contributed by atoms with Gasteiger partial charge in [-0.05, 0) is 48.9 Å². The van der Waals surface area contributed by atoms with E-state index >= 15 is 0 Å². The molecule has 0 saturated carbocycles. The molecule has 0 aliphatic rings. The van der Waals surface area contributed by atoms with Crippen LogP contribution in [0.3, 0.4) is 0 Å². The van der Waals surface area contributed by atoms with Gasteiger partial charge >= 0.3 is 0 Å². The fraction of sp³-hybridized carbons (Fsp3) is 0.130. The molecule has 0 radical (unpaired) electrons. The van der Waals surface area contributed by atoms with Gasteiger partial charge in [0.15, 0.2) is 11.6 Å². The molecule has 0 unspecified atom stereocenters. The molecule has 0 saturated heterocycles. The molecular weight excluding hydrogens is 437 g/mol. The van der Waals surface area contributed by atoms with Crippen LogP contribution >= 0.6 is 23.2 Å². The smallest absolute Gasteiger partial charge is 0.292 e. The highest BCUT2D eigenvalue weighted by Gasteiger charge is 2.15. The summed E-state index contributed by atoms with van der Waals surface area (Å²) in [6, 6.07) is 19.8. The van der Waals surface area contributed by atoms with Crippen molar-refractivity contribution in [2.75, 3.05) is 5.32 Å². The number of anilines is 1. The summed E-state index contributed by atoms with van der Waals surface area (Å²) in [5.74, 6) is 1.27. The van der Waals surface area contributed by atoms with E-state index < -0.39 is 5.91 Å². The molecule has 6 nitrogen and oxygen atoms in total. The first-order valence-corrected chi connectivity index (χ1v) is 10.3. The fourth-order valence-corrected chi connectivity index (χ4v) is 3.41. The number of rotatable bonds is 7. The van der Waals surface area contributed by atoms with E-state index in [1.54, 1.807) is 35.0 Å². The van der Waals surface area contributed by atoms with Crippen molar-refractivity contribution in [1.29, 1.82) is 0 Å². The average Bonchev–Trinajstić information content (AvgIpc) is 3.34. The van der Waals surface area contributed by atoms with Gasteiger partial charge in [0.2, 0.25) is 0 Å². The average molecular weight is 456 g/mol. The Bertz CT molecular complexity index is 1220. The van der Waals surface area contributed by atoms with Crippen LogP contribution < -0.4 is 10.1 Å². The molecule has 0 aliphatic carbocycles. The number of carbonyl (C=O) groups excluding carboxylic acids is 1.